The molecule has 40 heavy (non-hydrogen) atoms. The molecule has 2 aromatic rings. The van der Waals surface area contributed by atoms with Gasteiger partial charge in [0.05, 0.1) is 6.61 Å². The highest BCUT2D eigenvalue weighted by molar-refractivity contribution is 5.84. The quantitative estimate of drug-likeness (QED) is 0.284. The van der Waals surface area contributed by atoms with Gasteiger partial charge in [-0.15, -0.1) is 0 Å². The molecule has 0 aromatic heterocycles. The minimum atomic E-state index is -1.09. The smallest absolute Gasteiger partial charge is 0.169 e. The van der Waals surface area contributed by atoms with Crippen LogP contribution in [0.4, 0.5) is 0 Å². The third-order valence-corrected chi connectivity index (χ3v) is 12.5. The van der Waals surface area contributed by atoms with Gasteiger partial charge in [0.2, 0.25) is 0 Å². The predicted octanol–water partition coefficient (Wildman–Crippen LogP) is 8.24. The van der Waals surface area contributed by atoms with Crippen LogP contribution in [0.5, 0.6) is 0 Å². The predicted molar refractivity (Wildman–Crippen MR) is 161 cm³/mol. The molecule has 2 aromatic carbocycles. The fraction of sp³-hybridized carbons (Fsp3) is 0.595. The van der Waals surface area contributed by atoms with E-state index in [4.69, 9.17) is 4.74 Å². The van der Waals surface area contributed by atoms with Crippen molar-refractivity contribution in [3.05, 3.63) is 82.9 Å². The molecule has 0 aliphatic heterocycles. The van der Waals surface area contributed by atoms with E-state index in [9.17, 15) is 9.90 Å². The number of carbonyl (C=O) groups is 1. The Labute approximate surface area is 241 Å². The third-order valence-electron chi connectivity index (χ3n) is 12.5. The summed E-state index contributed by atoms with van der Waals surface area (Å²) in [6.45, 7) is 9.42. The molecule has 4 aliphatic carbocycles. The van der Waals surface area contributed by atoms with Crippen LogP contribution in [-0.4, -0.2) is 16.7 Å². The van der Waals surface area contributed by atoms with E-state index in [1.54, 1.807) is 0 Å². The average molecular weight is 541 g/mol. The zero-order valence-corrected chi connectivity index (χ0v) is 25.0. The van der Waals surface area contributed by atoms with E-state index in [1.165, 1.54) is 23.1 Å². The molecule has 0 radical (unpaired) electrons. The second kappa shape index (κ2) is 10.2. The van der Waals surface area contributed by atoms with Crippen LogP contribution in [-0.2, 0) is 29.0 Å². The Morgan fingerprint density at radius 2 is 1.60 bits per heavy atom. The van der Waals surface area contributed by atoms with E-state index in [-0.39, 0.29) is 16.2 Å². The first-order chi connectivity index (χ1) is 19.1. The van der Waals surface area contributed by atoms with Crippen molar-refractivity contribution in [3.8, 4) is 0 Å². The molecule has 0 bridgehead atoms. The van der Waals surface area contributed by atoms with E-state index in [2.05, 4.69) is 81.4 Å². The number of carbonyl (C=O) groups excluding carboxylic acids is 1. The largest absolute Gasteiger partial charge is 0.365 e. The number of rotatable bonds is 7. The van der Waals surface area contributed by atoms with Crippen molar-refractivity contribution in [1.29, 1.82) is 0 Å². The summed E-state index contributed by atoms with van der Waals surface area (Å²) in [5.41, 5.74) is 5.05. The molecule has 214 valence electrons. The van der Waals surface area contributed by atoms with Gasteiger partial charge in [0.25, 0.3) is 0 Å². The summed E-state index contributed by atoms with van der Waals surface area (Å²) in [7, 11) is 0. The third kappa shape index (κ3) is 4.43. The number of fused-ring (bicyclic) bond motifs is 5. The van der Waals surface area contributed by atoms with Crippen LogP contribution < -0.4 is 0 Å². The van der Waals surface area contributed by atoms with Gasteiger partial charge in [-0.25, -0.2) is 0 Å². The maximum absolute atomic E-state index is 13.5. The van der Waals surface area contributed by atoms with Crippen LogP contribution in [0.25, 0.3) is 0 Å². The lowest BCUT2D eigenvalue weighted by atomic mass is 9.44. The lowest BCUT2D eigenvalue weighted by Gasteiger charge is -2.60. The Kier molecular flexibility index (Phi) is 7.15. The molecule has 7 atom stereocenters. The van der Waals surface area contributed by atoms with Gasteiger partial charge >= 0.3 is 0 Å². The molecule has 3 fully saturated rings. The van der Waals surface area contributed by atoms with Gasteiger partial charge in [-0.1, -0.05) is 87.0 Å². The van der Waals surface area contributed by atoms with Gasteiger partial charge in [0, 0.05) is 18.3 Å². The molecule has 3 unspecified atom stereocenters. The summed E-state index contributed by atoms with van der Waals surface area (Å²) < 4.78 is 6.23. The molecule has 0 amide bonds. The van der Waals surface area contributed by atoms with Crippen molar-refractivity contribution in [2.75, 3.05) is 0 Å². The maximum Gasteiger partial charge on any atom is 0.169 e. The first kappa shape index (κ1) is 27.9. The standard InChI is InChI=1S/C37H48O3/c1-5-27-11-13-29(14-12-27)25-40-37(39)22-21-34(3)30(24-37)15-16-31-32(34)17-19-35(4)33(31)18-20-36(35,26(2)38)23-28-9-7-6-8-10-28/h6-15,31-33,39H,5,16-25H2,1-4H3/t31?,32?,33?,34-,35-,36+,37-/m0/s1. The number of aliphatic hydroxyl groups is 1. The highest BCUT2D eigenvalue weighted by Crippen LogP contribution is 2.70. The lowest BCUT2D eigenvalue weighted by molar-refractivity contribution is -0.231. The number of hydrogen-bond donors (Lipinski definition) is 1. The van der Waals surface area contributed by atoms with Crippen LogP contribution in [0.3, 0.4) is 0 Å². The van der Waals surface area contributed by atoms with Crippen molar-refractivity contribution in [1.82, 2.24) is 0 Å². The molecule has 1 N–H and O–H groups in total. The minimum Gasteiger partial charge on any atom is -0.365 e. The molecule has 0 spiro atoms. The van der Waals surface area contributed by atoms with Crippen LogP contribution in [0, 0.1) is 34.0 Å². The van der Waals surface area contributed by atoms with E-state index in [0.717, 1.165) is 50.5 Å². The van der Waals surface area contributed by atoms with Crippen molar-refractivity contribution >= 4 is 5.78 Å². The van der Waals surface area contributed by atoms with Crippen molar-refractivity contribution in [2.24, 2.45) is 34.0 Å². The van der Waals surface area contributed by atoms with Gasteiger partial charge in [0.15, 0.2) is 5.79 Å². The number of benzene rings is 2. The molecule has 3 heteroatoms. The first-order valence-corrected chi connectivity index (χ1v) is 15.8. The lowest BCUT2D eigenvalue weighted by Crippen LogP contribution is -2.55. The summed E-state index contributed by atoms with van der Waals surface area (Å²) in [5.74, 6) is 1.13. The normalized spacial score (nSPS) is 38.6. The summed E-state index contributed by atoms with van der Waals surface area (Å²) in [6.07, 6.45) is 12.2. The molecular weight excluding hydrogens is 492 g/mol. The average Bonchev–Trinajstić information content (AvgIpc) is 3.26. The topological polar surface area (TPSA) is 46.5 Å². The Hall–Kier alpha value is -2.23. The zero-order valence-electron chi connectivity index (χ0n) is 25.0. The van der Waals surface area contributed by atoms with Gasteiger partial charge in [0.1, 0.15) is 5.78 Å². The Morgan fingerprint density at radius 1 is 0.900 bits per heavy atom. The molecule has 6 rings (SSSR count). The Bertz CT molecular complexity index is 1260. The molecule has 0 heterocycles. The van der Waals surface area contributed by atoms with Crippen molar-refractivity contribution in [2.45, 2.75) is 104 Å². The highest BCUT2D eigenvalue weighted by Gasteiger charge is 2.65. The Balaban J connectivity index is 1.20. The second-order valence-electron chi connectivity index (χ2n) is 14.1. The van der Waals surface area contributed by atoms with Crippen LogP contribution in [0.1, 0.15) is 95.8 Å². The molecule has 4 aliphatic rings. The van der Waals surface area contributed by atoms with E-state index >= 15 is 0 Å². The van der Waals surface area contributed by atoms with Crippen molar-refractivity contribution < 1.29 is 14.6 Å². The number of hydrogen-bond acceptors (Lipinski definition) is 3. The number of ether oxygens (including phenoxy) is 1. The van der Waals surface area contributed by atoms with Gasteiger partial charge in [-0.05, 0) is 104 Å². The second-order valence-corrected chi connectivity index (χ2v) is 14.1. The fourth-order valence-corrected chi connectivity index (χ4v) is 9.90. The Morgan fingerprint density at radius 3 is 2.30 bits per heavy atom. The first-order valence-electron chi connectivity index (χ1n) is 15.8. The van der Waals surface area contributed by atoms with Crippen molar-refractivity contribution in [3.63, 3.8) is 0 Å². The zero-order chi connectivity index (χ0) is 28.2. The van der Waals surface area contributed by atoms with E-state index in [1.807, 2.05) is 6.92 Å². The van der Waals surface area contributed by atoms with Crippen LogP contribution >= 0.6 is 0 Å². The van der Waals surface area contributed by atoms with E-state index in [0.29, 0.717) is 43.0 Å². The van der Waals surface area contributed by atoms with Gasteiger partial charge in [-0.3, -0.25) is 4.79 Å². The number of ketones is 1. The van der Waals surface area contributed by atoms with Gasteiger partial charge in [-0.2, -0.15) is 0 Å². The maximum atomic E-state index is 13.5. The molecule has 3 saturated carbocycles. The van der Waals surface area contributed by atoms with Crippen LogP contribution in [0.15, 0.2) is 66.2 Å². The molecular formula is C37H48O3. The SMILES string of the molecule is CCc1ccc(CO[C@@]2(O)CC[C@@]3(C)C(=CCC4C3CC[C@@]3(C)C4CC[C@@]3(Cc3ccccc3)C(C)=O)C2)cc1. The van der Waals surface area contributed by atoms with Crippen LogP contribution in [0.2, 0.25) is 0 Å². The number of aryl methyl sites for hydroxylation is 1. The number of Topliss-reactive ketones (excluding diaryl/α,β-unsaturated/α-hetero) is 1. The fourth-order valence-electron chi connectivity index (χ4n) is 9.90. The molecule has 0 saturated heterocycles. The minimum absolute atomic E-state index is 0.0450. The highest BCUT2D eigenvalue weighted by atomic mass is 16.6. The monoisotopic (exact) mass is 540 g/mol. The number of allylic oxidation sites excluding steroid dienone is 1. The molecule has 3 nitrogen and oxygen atoms in total. The van der Waals surface area contributed by atoms with Gasteiger partial charge < -0.3 is 9.84 Å². The summed E-state index contributed by atoms with van der Waals surface area (Å²) in [5, 5.41) is 11.5. The summed E-state index contributed by atoms with van der Waals surface area (Å²) in [4.78, 5) is 13.5. The summed E-state index contributed by atoms with van der Waals surface area (Å²) in [6, 6.07) is 19.3. The summed E-state index contributed by atoms with van der Waals surface area (Å²) >= 11 is 0. The van der Waals surface area contributed by atoms with E-state index < -0.39 is 5.79 Å².